The Morgan fingerprint density at radius 2 is 1.71 bits per heavy atom. The second-order valence-electron chi connectivity index (χ2n) is 14.6. The molecule has 49 heavy (non-hydrogen) atoms. The first-order chi connectivity index (χ1) is 23.1. The summed E-state index contributed by atoms with van der Waals surface area (Å²) in [7, 11) is -4.15. The molecule has 12 heteroatoms. The lowest BCUT2D eigenvalue weighted by Crippen LogP contribution is -2.46. The third-order valence-electron chi connectivity index (χ3n) is 8.97. The molecule has 0 aliphatic carbocycles. The third-order valence-corrected chi connectivity index (χ3v) is 10.3. The highest BCUT2D eigenvalue weighted by molar-refractivity contribution is 7.92. The van der Waals surface area contributed by atoms with Gasteiger partial charge in [-0.1, -0.05) is 38.1 Å². The van der Waals surface area contributed by atoms with Crippen LogP contribution in [-0.2, 0) is 14.8 Å². The average molecular weight is 692 g/mol. The number of amides is 2. The minimum absolute atomic E-state index is 0.0592. The average Bonchev–Trinajstić information content (AvgIpc) is 3.02. The summed E-state index contributed by atoms with van der Waals surface area (Å²) in [5, 5.41) is 0. The fraction of sp³-hybridized carbons (Fsp3) is 0.514. The van der Waals surface area contributed by atoms with Crippen molar-refractivity contribution in [3.63, 3.8) is 0 Å². The lowest BCUT2D eigenvalue weighted by atomic mass is 9.92. The zero-order valence-electron chi connectivity index (χ0n) is 29.7. The lowest BCUT2D eigenvalue weighted by molar-refractivity contribution is 0.0174. The summed E-state index contributed by atoms with van der Waals surface area (Å²) in [6.45, 7) is 15.6. The topological polar surface area (TPSA) is 131 Å². The smallest absolute Gasteiger partial charge is 0.410 e. The molecule has 2 amide bonds. The van der Waals surface area contributed by atoms with Crippen LogP contribution in [0.25, 0.3) is 11.3 Å². The highest BCUT2D eigenvalue weighted by Crippen LogP contribution is 2.31. The Morgan fingerprint density at radius 1 is 1.04 bits per heavy atom. The van der Waals surface area contributed by atoms with Crippen LogP contribution in [0.4, 0.5) is 10.7 Å². The quantitative estimate of drug-likeness (QED) is 0.297. The minimum Gasteiger partial charge on any atom is -0.475 e. The van der Waals surface area contributed by atoms with Gasteiger partial charge >= 0.3 is 6.09 Å². The summed E-state index contributed by atoms with van der Waals surface area (Å²) < 4.78 is 41.7. The Hall–Kier alpha value is -4.19. The second-order valence-corrected chi connectivity index (χ2v) is 16.3. The molecular formula is C37H49N5O6S. The molecule has 4 bridgehead atoms. The maximum Gasteiger partial charge on any atom is 0.410 e. The van der Waals surface area contributed by atoms with Gasteiger partial charge in [-0.15, -0.1) is 0 Å². The molecule has 5 rings (SSSR count). The van der Waals surface area contributed by atoms with Crippen molar-refractivity contribution in [3.8, 4) is 17.1 Å². The molecule has 1 fully saturated rings. The van der Waals surface area contributed by atoms with E-state index in [1.165, 1.54) is 12.1 Å². The van der Waals surface area contributed by atoms with E-state index in [1.807, 2.05) is 57.7 Å². The number of aromatic nitrogens is 2. The number of nitrogens with zero attached hydrogens (tertiary/aromatic N) is 4. The van der Waals surface area contributed by atoms with Crippen molar-refractivity contribution in [1.82, 2.24) is 19.8 Å². The number of piperidine rings is 1. The van der Waals surface area contributed by atoms with Crippen molar-refractivity contribution in [2.45, 2.75) is 90.7 Å². The normalized spacial score (nSPS) is 18.5. The van der Waals surface area contributed by atoms with Gasteiger partial charge in [0.05, 0.1) is 16.6 Å². The fourth-order valence-corrected chi connectivity index (χ4v) is 7.53. The van der Waals surface area contributed by atoms with Crippen molar-refractivity contribution in [3.05, 3.63) is 65.2 Å². The number of anilines is 1. The summed E-state index contributed by atoms with van der Waals surface area (Å²) >= 11 is 0. The van der Waals surface area contributed by atoms with E-state index in [9.17, 15) is 18.0 Å². The SMILES string of the molecule is Cc1cccc(C)c1-c1cc2nc(n1)NS(=O)(=O)c1cccc(c1)C(=O)N(CCC1CCN(C(=O)OC(C)(C)C)CC1)[C@H](CC(C)C)CO2. The van der Waals surface area contributed by atoms with Gasteiger partial charge in [-0.25, -0.2) is 22.9 Å². The first-order valence-corrected chi connectivity index (χ1v) is 18.6. The highest BCUT2D eigenvalue weighted by Gasteiger charge is 2.31. The van der Waals surface area contributed by atoms with Gasteiger partial charge in [0, 0.05) is 36.8 Å². The molecule has 1 N–H and O–H groups in total. The third kappa shape index (κ3) is 9.09. The number of ether oxygens (including phenoxy) is 2. The van der Waals surface area contributed by atoms with E-state index in [-0.39, 0.29) is 52.9 Å². The summed E-state index contributed by atoms with van der Waals surface area (Å²) in [5.41, 5.74) is 3.09. The van der Waals surface area contributed by atoms with E-state index < -0.39 is 15.6 Å². The van der Waals surface area contributed by atoms with Gasteiger partial charge < -0.3 is 19.3 Å². The van der Waals surface area contributed by atoms with Crippen molar-refractivity contribution in [1.29, 1.82) is 0 Å². The van der Waals surface area contributed by atoms with Crippen LogP contribution in [0.2, 0.25) is 0 Å². The molecule has 3 heterocycles. The van der Waals surface area contributed by atoms with Gasteiger partial charge in [-0.3, -0.25) is 4.79 Å². The zero-order valence-corrected chi connectivity index (χ0v) is 30.5. The molecule has 2 aliphatic heterocycles. The molecule has 1 saturated heterocycles. The van der Waals surface area contributed by atoms with Gasteiger partial charge in [0.2, 0.25) is 11.8 Å². The van der Waals surface area contributed by atoms with Gasteiger partial charge in [-0.2, -0.15) is 4.98 Å². The minimum atomic E-state index is -4.15. The maximum atomic E-state index is 14.3. The first-order valence-electron chi connectivity index (χ1n) is 17.1. The van der Waals surface area contributed by atoms with Crippen molar-refractivity contribution < 1.29 is 27.5 Å². The first kappa shape index (κ1) is 36.1. The number of carbonyl (C=O) groups excluding carboxylic acids is 2. The molecule has 11 nitrogen and oxygen atoms in total. The molecule has 1 atom stereocenters. The van der Waals surface area contributed by atoms with E-state index >= 15 is 0 Å². The standard InChI is InChI=1S/C37H49N5O6S/c1-24(2)20-29-23-47-32-22-31(33-25(3)10-8-11-26(33)4)38-35(39-32)40-49(45,46)30-13-9-12-28(21-30)34(43)42(29)19-16-27-14-17-41(18-15-27)36(44)48-37(5,6)7/h8-13,21-22,24,27,29H,14-20,23H2,1-7H3,(H,38,39,40)/t29-/m1/s1. The van der Waals surface area contributed by atoms with Crippen LogP contribution in [0, 0.1) is 25.7 Å². The molecule has 0 radical (unpaired) electrons. The summed E-state index contributed by atoms with van der Waals surface area (Å²) in [4.78, 5) is 39.6. The van der Waals surface area contributed by atoms with Crippen LogP contribution < -0.4 is 9.46 Å². The number of fused-ring (bicyclic) bond motifs is 4. The Morgan fingerprint density at radius 3 is 2.37 bits per heavy atom. The molecule has 264 valence electrons. The number of benzene rings is 2. The number of nitrogens with one attached hydrogen (secondary N) is 1. The monoisotopic (exact) mass is 691 g/mol. The maximum absolute atomic E-state index is 14.3. The Labute approximate surface area is 290 Å². The summed E-state index contributed by atoms with van der Waals surface area (Å²) in [5.74, 6) is 0.395. The largest absolute Gasteiger partial charge is 0.475 e. The molecule has 1 aromatic heterocycles. The van der Waals surface area contributed by atoms with Gasteiger partial charge in [0.25, 0.3) is 15.9 Å². The number of carbonyl (C=O) groups is 2. The summed E-state index contributed by atoms with van der Waals surface area (Å²) in [6, 6.07) is 13.4. The number of likely N-dealkylation sites (tertiary alicyclic amines) is 1. The molecule has 3 aromatic rings. The van der Waals surface area contributed by atoms with Crippen LogP contribution >= 0.6 is 0 Å². The van der Waals surface area contributed by atoms with Crippen LogP contribution in [0.5, 0.6) is 5.88 Å². The Bertz CT molecular complexity index is 1760. The number of hydrogen-bond donors (Lipinski definition) is 1. The van der Waals surface area contributed by atoms with Crippen LogP contribution in [0.3, 0.4) is 0 Å². The lowest BCUT2D eigenvalue weighted by Gasteiger charge is -2.36. The number of sulfonamides is 1. The molecular weight excluding hydrogens is 643 g/mol. The Kier molecular flexibility index (Phi) is 10.9. The van der Waals surface area contributed by atoms with Crippen molar-refractivity contribution >= 4 is 28.0 Å². The fourth-order valence-electron chi connectivity index (χ4n) is 6.55. The molecule has 0 unspecified atom stereocenters. The predicted octanol–water partition coefficient (Wildman–Crippen LogP) is 6.85. The molecule has 2 aliphatic rings. The number of hydrogen-bond acceptors (Lipinski definition) is 8. The van der Waals surface area contributed by atoms with E-state index in [0.29, 0.717) is 37.7 Å². The number of rotatable bonds is 6. The van der Waals surface area contributed by atoms with Gasteiger partial charge in [0.1, 0.15) is 12.2 Å². The van der Waals surface area contributed by atoms with E-state index in [4.69, 9.17) is 9.47 Å². The van der Waals surface area contributed by atoms with Crippen LogP contribution in [-0.4, -0.2) is 78.1 Å². The zero-order chi connectivity index (χ0) is 35.5. The van der Waals surface area contributed by atoms with Gasteiger partial charge in [-0.05, 0) is 101 Å². The molecule has 0 spiro atoms. The molecule has 2 aromatic carbocycles. The Balaban J connectivity index is 1.47. The number of aryl methyl sites for hydroxylation is 2. The summed E-state index contributed by atoms with van der Waals surface area (Å²) in [6.07, 6.45) is 2.71. The van der Waals surface area contributed by atoms with E-state index in [2.05, 4.69) is 28.5 Å². The van der Waals surface area contributed by atoms with Gasteiger partial charge in [0.15, 0.2) is 0 Å². The highest BCUT2D eigenvalue weighted by atomic mass is 32.2. The molecule has 0 saturated carbocycles. The van der Waals surface area contributed by atoms with Crippen molar-refractivity contribution in [2.24, 2.45) is 11.8 Å². The van der Waals surface area contributed by atoms with E-state index in [0.717, 1.165) is 36.0 Å². The van der Waals surface area contributed by atoms with E-state index in [1.54, 1.807) is 23.1 Å². The van der Waals surface area contributed by atoms with Crippen LogP contribution in [0.1, 0.15) is 81.8 Å². The van der Waals surface area contributed by atoms with Crippen LogP contribution in [0.15, 0.2) is 53.4 Å². The predicted molar refractivity (Wildman–Crippen MR) is 189 cm³/mol. The van der Waals surface area contributed by atoms with Crippen molar-refractivity contribution in [2.75, 3.05) is 31.0 Å². The second kappa shape index (κ2) is 14.7.